The molecule has 0 heterocycles. The summed E-state index contributed by atoms with van der Waals surface area (Å²) in [5, 5.41) is -1.23. The topological polar surface area (TPSA) is 57.2 Å². The van der Waals surface area contributed by atoms with Crippen molar-refractivity contribution in [1.29, 1.82) is 0 Å². The number of hydrogen-bond donors (Lipinski definition) is 0. The van der Waals surface area contributed by atoms with Crippen molar-refractivity contribution in [2.75, 3.05) is 0 Å². The molecule has 0 aromatic rings. The third-order valence-corrected chi connectivity index (χ3v) is 2.26. The van der Waals surface area contributed by atoms with E-state index in [0.717, 1.165) is 0 Å². The number of alkyl halides is 1. The van der Waals surface area contributed by atoms with Gasteiger partial charge in [0.2, 0.25) is 0 Å². The van der Waals surface area contributed by atoms with Gasteiger partial charge in [0.15, 0.2) is 0 Å². The average Bonchev–Trinajstić information content (AvgIpc) is 2.13. The van der Waals surface area contributed by atoms with Gasteiger partial charge in [0.25, 0.3) is 0 Å². The summed E-state index contributed by atoms with van der Waals surface area (Å²) in [6.07, 6.45) is -1.50. The molecule has 0 amide bonds. The fourth-order valence-corrected chi connectivity index (χ4v) is 1.22. The molecule has 1 rings (SSSR count). The van der Waals surface area contributed by atoms with Crippen molar-refractivity contribution in [3.63, 3.8) is 0 Å². The maximum Gasteiger partial charge on any atom is 1.00 e. The first-order valence-electron chi connectivity index (χ1n) is 2.10. The molecule has 2 atom stereocenters. The van der Waals surface area contributed by atoms with Gasteiger partial charge in [-0.15, -0.1) is 0 Å². The number of rotatable bonds is 1. The standard InChI is InChI=1S/C3H5FO3S.Na/c4-2-1-3(2)8(5,6)7;/h2-3H,1H2,(H,5,6,7);/q;+1/p-1. The second-order valence-corrected chi connectivity index (χ2v) is 3.37. The first-order valence-corrected chi connectivity index (χ1v) is 3.58. The van der Waals surface area contributed by atoms with Gasteiger partial charge in [0.1, 0.15) is 16.3 Å². The predicted octanol–water partition coefficient (Wildman–Crippen LogP) is -3.35. The largest absolute Gasteiger partial charge is 1.00 e. The van der Waals surface area contributed by atoms with Crippen LogP contribution in [0.25, 0.3) is 0 Å². The molecule has 0 aromatic heterocycles. The summed E-state index contributed by atoms with van der Waals surface area (Å²) in [7, 11) is -4.30. The van der Waals surface area contributed by atoms with Crippen LogP contribution in [-0.4, -0.2) is 24.4 Å². The monoisotopic (exact) mass is 162 g/mol. The first-order chi connectivity index (χ1) is 3.52. The smallest absolute Gasteiger partial charge is 0.748 e. The minimum atomic E-state index is -4.30. The number of halogens is 1. The Hall–Kier alpha value is 0.840. The molecule has 6 heteroatoms. The van der Waals surface area contributed by atoms with Gasteiger partial charge in [-0.25, -0.2) is 12.8 Å². The van der Waals surface area contributed by atoms with Crippen LogP contribution in [0.3, 0.4) is 0 Å². The molecule has 2 unspecified atom stereocenters. The fraction of sp³-hybridized carbons (Fsp3) is 1.00. The molecule has 1 aliphatic carbocycles. The zero-order valence-electron chi connectivity index (χ0n) is 4.87. The van der Waals surface area contributed by atoms with E-state index < -0.39 is 21.5 Å². The van der Waals surface area contributed by atoms with Crippen molar-refractivity contribution in [2.24, 2.45) is 0 Å². The third kappa shape index (κ3) is 2.51. The van der Waals surface area contributed by atoms with Crippen LogP contribution >= 0.6 is 0 Å². The molecule has 0 saturated heterocycles. The normalized spacial score (nSPS) is 33.1. The third-order valence-electron chi connectivity index (χ3n) is 1.03. The Kier molecular flexibility index (Phi) is 3.10. The Balaban J connectivity index is 0.000000640. The summed E-state index contributed by atoms with van der Waals surface area (Å²) < 4.78 is 41.1. The van der Waals surface area contributed by atoms with Crippen molar-refractivity contribution in [3.8, 4) is 0 Å². The van der Waals surface area contributed by atoms with E-state index in [-0.39, 0.29) is 36.0 Å². The number of hydrogen-bond acceptors (Lipinski definition) is 3. The fourth-order valence-electron chi connectivity index (χ4n) is 0.442. The minimum absolute atomic E-state index is 0. The van der Waals surface area contributed by atoms with Gasteiger partial charge in [-0.2, -0.15) is 0 Å². The summed E-state index contributed by atoms with van der Waals surface area (Å²) >= 11 is 0. The average molecular weight is 162 g/mol. The zero-order valence-corrected chi connectivity index (χ0v) is 7.69. The van der Waals surface area contributed by atoms with Gasteiger partial charge in [0.05, 0.1) is 5.25 Å². The molecular weight excluding hydrogens is 158 g/mol. The van der Waals surface area contributed by atoms with Crippen LogP contribution in [0, 0.1) is 0 Å². The predicted molar refractivity (Wildman–Crippen MR) is 23.0 cm³/mol. The molecule has 1 fully saturated rings. The van der Waals surface area contributed by atoms with Gasteiger partial charge >= 0.3 is 29.6 Å². The Morgan fingerprint density at radius 3 is 1.89 bits per heavy atom. The van der Waals surface area contributed by atoms with E-state index in [9.17, 15) is 17.4 Å². The molecule has 48 valence electrons. The maximum absolute atomic E-state index is 11.7. The van der Waals surface area contributed by atoms with Crippen LogP contribution in [0.15, 0.2) is 0 Å². The van der Waals surface area contributed by atoms with Gasteiger partial charge in [0, 0.05) is 0 Å². The Morgan fingerprint density at radius 2 is 1.89 bits per heavy atom. The van der Waals surface area contributed by atoms with Crippen LogP contribution < -0.4 is 29.6 Å². The SMILES string of the molecule is O=S(=O)([O-])C1CC1F.[Na+]. The van der Waals surface area contributed by atoms with Crippen molar-refractivity contribution in [3.05, 3.63) is 0 Å². The van der Waals surface area contributed by atoms with E-state index >= 15 is 0 Å². The van der Waals surface area contributed by atoms with Gasteiger partial charge < -0.3 is 4.55 Å². The maximum atomic E-state index is 11.7. The summed E-state index contributed by atoms with van der Waals surface area (Å²) in [6.45, 7) is 0. The molecule has 0 aliphatic heterocycles. The molecule has 0 bridgehead atoms. The van der Waals surface area contributed by atoms with E-state index in [4.69, 9.17) is 0 Å². The van der Waals surface area contributed by atoms with E-state index in [1.54, 1.807) is 0 Å². The molecule has 0 spiro atoms. The second-order valence-electron chi connectivity index (χ2n) is 1.78. The van der Waals surface area contributed by atoms with Crippen molar-refractivity contribution >= 4 is 10.1 Å². The van der Waals surface area contributed by atoms with E-state index in [2.05, 4.69) is 0 Å². The zero-order chi connectivity index (χ0) is 6.36. The van der Waals surface area contributed by atoms with Crippen LogP contribution in [0.2, 0.25) is 0 Å². The van der Waals surface area contributed by atoms with Crippen LogP contribution in [0.5, 0.6) is 0 Å². The Morgan fingerprint density at radius 1 is 1.56 bits per heavy atom. The molecular formula is C3H4FNaO3S. The summed E-state index contributed by atoms with van der Waals surface area (Å²) in [6, 6.07) is 0. The molecule has 9 heavy (non-hydrogen) atoms. The van der Waals surface area contributed by atoms with Gasteiger partial charge in [-0.1, -0.05) is 0 Å². The Bertz CT molecular complexity index is 189. The molecule has 0 N–H and O–H groups in total. The van der Waals surface area contributed by atoms with Crippen molar-refractivity contribution < 1.29 is 46.9 Å². The molecule has 3 nitrogen and oxygen atoms in total. The van der Waals surface area contributed by atoms with Crippen LogP contribution in [0.1, 0.15) is 6.42 Å². The molecule has 0 aromatic carbocycles. The minimum Gasteiger partial charge on any atom is -0.748 e. The molecule has 1 aliphatic rings. The van der Waals surface area contributed by atoms with Crippen LogP contribution in [-0.2, 0) is 10.1 Å². The van der Waals surface area contributed by atoms with E-state index in [0.29, 0.717) is 0 Å². The van der Waals surface area contributed by atoms with Gasteiger partial charge in [-0.05, 0) is 6.42 Å². The Labute approximate surface area is 74.7 Å². The second kappa shape index (κ2) is 2.84. The summed E-state index contributed by atoms with van der Waals surface area (Å²) in [5.74, 6) is 0. The molecule has 1 saturated carbocycles. The quantitative estimate of drug-likeness (QED) is 0.299. The van der Waals surface area contributed by atoms with E-state index in [1.807, 2.05) is 0 Å². The van der Waals surface area contributed by atoms with Crippen molar-refractivity contribution in [2.45, 2.75) is 17.8 Å². The molecule has 0 radical (unpaired) electrons. The first kappa shape index (κ1) is 9.84. The summed E-state index contributed by atoms with van der Waals surface area (Å²) in [5.41, 5.74) is 0. The van der Waals surface area contributed by atoms with Gasteiger partial charge in [-0.3, -0.25) is 0 Å². The van der Waals surface area contributed by atoms with Crippen molar-refractivity contribution in [1.82, 2.24) is 0 Å². The summed E-state index contributed by atoms with van der Waals surface area (Å²) in [4.78, 5) is 0. The van der Waals surface area contributed by atoms with E-state index in [1.165, 1.54) is 0 Å². The van der Waals surface area contributed by atoms with Crippen LogP contribution in [0.4, 0.5) is 4.39 Å².